The number of hydrogen-bond donors (Lipinski definition) is 3. The van der Waals surface area contributed by atoms with Crippen LogP contribution < -0.4 is 16.0 Å². The van der Waals surface area contributed by atoms with Gasteiger partial charge in [-0.15, -0.1) is 0 Å². The fourth-order valence-corrected chi connectivity index (χ4v) is 2.88. The molecule has 4 N–H and O–H groups in total. The number of hydrogen-bond acceptors (Lipinski definition) is 4. The van der Waals surface area contributed by atoms with Crippen LogP contribution in [0.4, 0.5) is 5.69 Å². The van der Waals surface area contributed by atoms with Gasteiger partial charge in [-0.05, 0) is 37.3 Å². The lowest BCUT2D eigenvalue weighted by Crippen LogP contribution is -2.58. The molecule has 1 rings (SSSR count). The zero-order chi connectivity index (χ0) is 20.7. The summed E-state index contributed by atoms with van der Waals surface area (Å²) >= 11 is 0. The molecule has 0 saturated heterocycles. The van der Waals surface area contributed by atoms with E-state index in [2.05, 4.69) is 5.32 Å². The molecule has 0 heterocycles. The van der Waals surface area contributed by atoms with Crippen LogP contribution >= 0.6 is 0 Å². The molecule has 1 aromatic carbocycles. The van der Waals surface area contributed by atoms with Crippen molar-refractivity contribution >= 4 is 23.5 Å². The SMILES string of the molecule is CC(C)C[C@@H](C(N)=O)N(C(=O)[C@@H](N[C@H](C)C(=O)O)C(C)C)c1ccccc1. The molecule has 0 fully saturated rings. The molecule has 7 nitrogen and oxygen atoms in total. The van der Waals surface area contributed by atoms with Crippen LogP contribution in [0, 0.1) is 11.8 Å². The molecule has 1 aromatic rings. The van der Waals surface area contributed by atoms with E-state index in [1.807, 2.05) is 33.8 Å². The first-order chi connectivity index (χ1) is 12.6. The molecule has 0 aromatic heterocycles. The summed E-state index contributed by atoms with van der Waals surface area (Å²) in [5, 5.41) is 12.1. The molecule has 7 heteroatoms. The van der Waals surface area contributed by atoms with Crippen LogP contribution in [0.3, 0.4) is 0 Å². The summed E-state index contributed by atoms with van der Waals surface area (Å²) in [4.78, 5) is 38.3. The number of carbonyl (C=O) groups is 3. The van der Waals surface area contributed by atoms with Crippen molar-refractivity contribution in [2.45, 2.75) is 59.2 Å². The molecular weight excluding hydrogens is 346 g/mol. The third-order valence-corrected chi connectivity index (χ3v) is 4.34. The molecule has 0 radical (unpaired) electrons. The van der Waals surface area contributed by atoms with Crippen LogP contribution in [0.15, 0.2) is 30.3 Å². The maximum absolute atomic E-state index is 13.4. The average Bonchev–Trinajstić information content (AvgIpc) is 2.58. The molecule has 150 valence electrons. The van der Waals surface area contributed by atoms with Gasteiger partial charge in [0.15, 0.2) is 0 Å². The van der Waals surface area contributed by atoms with Crippen LogP contribution in [-0.4, -0.2) is 41.0 Å². The maximum atomic E-state index is 13.4. The molecule has 0 aliphatic heterocycles. The number of primary amides is 1. The van der Waals surface area contributed by atoms with Crippen molar-refractivity contribution in [3.8, 4) is 0 Å². The normalized spacial score (nSPS) is 14.6. The Morgan fingerprint density at radius 3 is 2.04 bits per heavy atom. The lowest BCUT2D eigenvalue weighted by atomic mass is 9.96. The van der Waals surface area contributed by atoms with Crippen molar-refractivity contribution in [1.29, 1.82) is 0 Å². The molecule has 2 amide bonds. The minimum atomic E-state index is -1.05. The Bertz CT molecular complexity index is 646. The number of benzene rings is 1. The summed E-state index contributed by atoms with van der Waals surface area (Å²) in [6.45, 7) is 9.05. The van der Waals surface area contributed by atoms with Crippen molar-refractivity contribution in [2.75, 3.05) is 4.90 Å². The van der Waals surface area contributed by atoms with E-state index in [0.717, 1.165) is 0 Å². The van der Waals surface area contributed by atoms with E-state index in [4.69, 9.17) is 5.73 Å². The number of carboxylic acid groups (broad SMARTS) is 1. The largest absolute Gasteiger partial charge is 0.480 e. The summed E-state index contributed by atoms with van der Waals surface area (Å²) in [6.07, 6.45) is 0.412. The Labute approximate surface area is 160 Å². The molecule has 0 aliphatic rings. The zero-order valence-electron chi connectivity index (χ0n) is 16.7. The fourth-order valence-electron chi connectivity index (χ4n) is 2.88. The number of rotatable bonds is 10. The Morgan fingerprint density at radius 2 is 1.63 bits per heavy atom. The topological polar surface area (TPSA) is 113 Å². The predicted molar refractivity (Wildman–Crippen MR) is 105 cm³/mol. The first-order valence-corrected chi connectivity index (χ1v) is 9.22. The van der Waals surface area contributed by atoms with E-state index < -0.39 is 30.0 Å². The molecule has 0 unspecified atom stereocenters. The van der Waals surface area contributed by atoms with Gasteiger partial charge < -0.3 is 10.8 Å². The third-order valence-electron chi connectivity index (χ3n) is 4.34. The van der Waals surface area contributed by atoms with Crippen LogP contribution in [0.1, 0.15) is 41.0 Å². The number of amides is 2. The molecule has 0 aliphatic carbocycles. The lowest BCUT2D eigenvalue weighted by molar-refractivity contribution is -0.139. The second-order valence-corrected chi connectivity index (χ2v) is 7.54. The van der Waals surface area contributed by atoms with Gasteiger partial charge in [0.1, 0.15) is 12.1 Å². The summed E-state index contributed by atoms with van der Waals surface area (Å²) in [7, 11) is 0. The lowest BCUT2D eigenvalue weighted by Gasteiger charge is -2.35. The number of para-hydroxylation sites is 1. The molecule has 3 atom stereocenters. The average molecular weight is 377 g/mol. The van der Waals surface area contributed by atoms with Gasteiger partial charge in [-0.3, -0.25) is 24.6 Å². The van der Waals surface area contributed by atoms with Gasteiger partial charge >= 0.3 is 5.97 Å². The number of carbonyl (C=O) groups excluding carboxylic acids is 2. The van der Waals surface area contributed by atoms with Crippen molar-refractivity contribution in [3.05, 3.63) is 30.3 Å². The maximum Gasteiger partial charge on any atom is 0.320 e. The van der Waals surface area contributed by atoms with Gasteiger partial charge in [0, 0.05) is 5.69 Å². The number of nitrogens with two attached hydrogens (primary N) is 1. The van der Waals surface area contributed by atoms with Gasteiger partial charge in [-0.1, -0.05) is 45.9 Å². The highest BCUT2D eigenvalue weighted by atomic mass is 16.4. The summed E-state index contributed by atoms with van der Waals surface area (Å²) in [5.74, 6) is -2.04. The quantitative estimate of drug-likeness (QED) is 0.577. The number of anilines is 1. The van der Waals surface area contributed by atoms with Crippen molar-refractivity contribution < 1.29 is 19.5 Å². The van der Waals surface area contributed by atoms with E-state index >= 15 is 0 Å². The second-order valence-electron chi connectivity index (χ2n) is 7.54. The first kappa shape index (κ1) is 22.6. The number of aliphatic carboxylic acids is 1. The number of nitrogens with one attached hydrogen (secondary N) is 1. The van der Waals surface area contributed by atoms with Crippen LogP contribution in [0.5, 0.6) is 0 Å². The highest BCUT2D eigenvalue weighted by Gasteiger charge is 2.36. The van der Waals surface area contributed by atoms with Gasteiger partial charge in [0.2, 0.25) is 11.8 Å². The second kappa shape index (κ2) is 10.1. The minimum absolute atomic E-state index is 0.143. The Hall–Kier alpha value is -2.41. The Balaban J connectivity index is 3.36. The highest BCUT2D eigenvalue weighted by molar-refractivity contribution is 6.03. The van der Waals surface area contributed by atoms with Crippen molar-refractivity contribution in [1.82, 2.24) is 5.32 Å². The summed E-state index contributed by atoms with van der Waals surface area (Å²) in [6, 6.07) is 6.36. The predicted octanol–water partition coefficient (Wildman–Crippen LogP) is 2.01. The Kier molecular flexibility index (Phi) is 8.43. The van der Waals surface area contributed by atoms with Crippen LogP contribution in [0.25, 0.3) is 0 Å². The molecule has 0 bridgehead atoms. The van der Waals surface area contributed by atoms with E-state index in [0.29, 0.717) is 12.1 Å². The van der Waals surface area contributed by atoms with Gasteiger partial charge in [-0.25, -0.2) is 0 Å². The first-order valence-electron chi connectivity index (χ1n) is 9.22. The number of nitrogens with zero attached hydrogens (tertiary/aromatic N) is 1. The Morgan fingerprint density at radius 1 is 1.07 bits per heavy atom. The van der Waals surface area contributed by atoms with E-state index in [9.17, 15) is 19.5 Å². The summed E-state index contributed by atoms with van der Waals surface area (Å²) < 4.78 is 0. The molecular formula is C20H31N3O4. The standard InChI is InChI=1S/C20H31N3O4/c1-12(2)11-16(18(21)24)23(15-9-7-6-8-10-15)19(25)17(13(3)4)22-14(5)20(26)27/h6-10,12-14,16-17,22H,11H2,1-5H3,(H2,21,24)(H,26,27)/t14-,16+,17+/m1/s1. The molecule has 0 spiro atoms. The van der Waals surface area contributed by atoms with E-state index in [-0.39, 0.29) is 17.7 Å². The van der Waals surface area contributed by atoms with Gasteiger partial charge in [0.05, 0.1) is 6.04 Å². The fraction of sp³-hybridized carbons (Fsp3) is 0.550. The summed E-state index contributed by atoms with van der Waals surface area (Å²) in [5.41, 5.74) is 6.20. The third kappa shape index (κ3) is 6.36. The molecule has 0 saturated carbocycles. The number of carboxylic acids is 1. The molecule has 27 heavy (non-hydrogen) atoms. The minimum Gasteiger partial charge on any atom is -0.480 e. The van der Waals surface area contributed by atoms with Gasteiger partial charge in [0.25, 0.3) is 0 Å². The monoisotopic (exact) mass is 377 g/mol. The van der Waals surface area contributed by atoms with Gasteiger partial charge in [-0.2, -0.15) is 0 Å². The van der Waals surface area contributed by atoms with E-state index in [1.165, 1.54) is 11.8 Å². The van der Waals surface area contributed by atoms with Crippen LogP contribution in [-0.2, 0) is 14.4 Å². The zero-order valence-corrected chi connectivity index (χ0v) is 16.7. The smallest absolute Gasteiger partial charge is 0.320 e. The van der Waals surface area contributed by atoms with Crippen molar-refractivity contribution in [2.24, 2.45) is 17.6 Å². The van der Waals surface area contributed by atoms with E-state index in [1.54, 1.807) is 24.3 Å². The highest BCUT2D eigenvalue weighted by Crippen LogP contribution is 2.23. The van der Waals surface area contributed by atoms with Crippen molar-refractivity contribution in [3.63, 3.8) is 0 Å². The van der Waals surface area contributed by atoms with Crippen LogP contribution in [0.2, 0.25) is 0 Å².